The van der Waals surface area contributed by atoms with Crippen molar-refractivity contribution in [2.75, 3.05) is 0 Å². The van der Waals surface area contributed by atoms with E-state index < -0.39 is 21.0 Å². The molecule has 0 aromatic heterocycles. The first-order valence-electron chi connectivity index (χ1n) is 2.67. The van der Waals surface area contributed by atoms with Crippen molar-refractivity contribution in [2.45, 2.75) is 18.7 Å². The Morgan fingerprint density at radius 3 is 2.00 bits per heavy atom. The smallest absolute Gasteiger partial charge is 0.337 e. The standard InChI is InChI=1S/C3H10O5P2/c1-2-3(9(4)5)10(6,7)8/h3,9H,2H2,1H3,(H,4,5)(H2,6,7,8). The van der Waals surface area contributed by atoms with Crippen LogP contribution in [0.1, 0.15) is 13.3 Å². The van der Waals surface area contributed by atoms with E-state index >= 15 is 0 Å². The van der Waals surface area contributed by atoms with Crippen LogP contribution >= 0.6 is 15.6 Å². The summed E-state index contributed by atoms with van der Waals surface area (Å²) in [5.41, 5.74) is 0. The SMILES string of the molecule is CCC([PH](=O)O)P(=O)(O)O. The van der Waals surface area contributed by atoms with Crippen molar-refractivity contribution in [1.82, 2.24) is 0 Å². The number of hydrogen-bond donors (Lipinski definition) is 3. The van der Waals surface area contributed by atoms with Crippen molar-refractivity contribution < 1.29 is 23.8 Å². The molecule has 0 aromatic carbocycles. The minimum atomic E-state index is -4.35. The van der Waals surface area contributed by atoms with E-state index in [2.05, 4.69) is 0 Å². The second-order valence-corrected chi connectivity index (χ2v) is 5.51. The third-order valence-corrected chi connectivity index (χ3v) is 4.90. The van der Waals surface area contributed by atoms with Crippen LogP contribution in [0.4, 0.5) is 0 Å². The average Bonchev–Trinajstić information content (AvgIpc) is 1.60. The second kappa shape index (κ2) is 3.65. The van der Waals surface area contributed by atoms with Gasteiger partial charge in [-0.25, -0.2) is 0 Å². The largest absolute Gasteiger partial charge is 0.346 e. The van der Waals surface area contributed by atoms with Crippen LogP contribution in [-0.2, 0) is 9.13 Å². The van der Waals surface area contributed by atoms with Crippen LogP contribution in [-0.4, -0.2) is 20.1 Å². The molecule has 5 nitrogen and oxygen atoms in total. The zero-order valence-electron chi connectivity index (χ0n) is 5.39. The molecule has 0 saturated heterocycles. The normalized spacial score (nSPS) is 18.4. The number of hydrogen-bond acceptors (Lipinski definition) is 2. The highest BCUT2D eigenvalue weighted by atomic mass is 31.2. The quantitative estimate of drug-likeness (QED) is 0.556. The van der Waals surface area contributed by atoms with Gasteiger partial charge in [0.05, 0.1) is 0 Å². The summed E-state index contributed by atoms with van der Waals surface area (Å²) in [6.45, 7) is 1.46. The predicted octanol–water partition coefficient (Wildman–Crippen LogP) is 0.367. The first-order valence-corrected chi connectivity index (χ1v) is 5.79. The Kier molecular flexibility index (Phi) is 3.77. The van der Waals surface area contributed by atoms with Crippen molar-refractivity contribution in [3.8, 4) is 0 Å². The van der Waals surface area contributed by atoms with E-state index in [0.717, 1.165) is 0 Å². The second-order valence-electron chi connectivity index (χ2n) is 1.85. The summed E-state index contributed by atoms with van der Waals surface area (Å²) in [6, 6.07) is 0. The van der Waals surface area contributed by atoms with Gasteiger partial charge < -0.3 is 14.7 Å². The van der Waals surface area contributed by atoms with Crippen LogP contribution in [0.2, 0.25) is 0 Å². The third-order valence-electron chi connectivity index (χ3n) is 1.08. The molecule has 3 N–H and O–H groups in total. The highest BCUT2D eigenvalue weighted by Crippen LogP contribution is 2.53. The highest BCUT2D eigenvalue weighted by Gasteiger charge is 2.31. The fraction of sp³-hybridized carbons (Fsp3) is 1.00. The topological polar surface area (TPSA) is 94.8 Å². The van der Waals surface area contributed by atoms with E-state index in [1.165, 1.54) is 6.92 Å². The lowest BCUT2D eigenvalue weighted by atomic mass is 10.6. The molecule has 2 atom stereocenters. The van der Waals surface area contributed by atoms with E-state index in [1.807, 2.05) is 0 Å². The van der Waals surface area contributed by atoms with Gasteiger partial charge in [-0.3, -0.25) is 9.13 Å². The zero-order valence-corrected chi connectivity index (χ0v) is 7.28. The molecule has 0 fully saturated rings. The van der Waals surface area contributed by atoms with Gasteiger partial charge in [0.1, 0.15) is 5.40 Å². The van der Waals surface area contributed by atoms with Crippen molar-refractivity contribution in [3.05, 3.63) is 0 Å². The Balaban J connectivity index is 4.38. The molecule has 62 valence electrons. The van der Waals surface area contributed by atoms with Crippen LogP contribution in [0.5, 0.6) is 0 Å². The van der Waals surface area contributed by atoms with Crippen molar-refractivity contribution >= 4 is 15.6 Å². The molecule has 0 aliphatic carbocycles. The van der Waals surface area contributed by atoms with E-state index in [-0.39, 0.29) is 6.42 Å². The molecule has 2 unspecified atom stereocenters. The lowest BCUT2D eigenvalue weighted by Crippen LogP contribution is -2.00. The first-order chi connectivity index (χ1) is 4.39. The Bertz CT molecular complexity index is 172. The van der Waals surface area contributed by atoms with Gasteiger partial charge in [-0.15, -0.1) is 0 Å². The van der Waals surface area contributed by atoms with Crippen LogP contribution in [0.15, 0.2) is 0 Å². The average molecular weight is 188 g/mol. The Labute approximate surface area is 59.1 Å². The van der Waals surface area contributed by atoms with Crippen LogP contribution in [0, 0.1) is 0 Å². The summed E-state index contributed by atoms with van der Waals surface area (Å²) in [4.78, 5) is 25.3. The molecule has 10 heavy (non-hydrogen) atoms. The summed E-state index contributed by atoms with van der Waals surface area (Å²) >= 11 is 0. The maximum absolute atomic E-state index is 10.4. The first kappa shape index (κ1) is 10.3. The summed E-state index contributed by atoms with van der Waals surface area (Å²) in [5, 5.41) is -1.36. The molecule has 0 radical (unpaired) electrons. The fourth-order valence-electron chi connectivity index (χ4n) is 0.556. The Morgan fingerprint density at radius 1 is 1.60 bits per heavy atom. The van der Waals surface area contributed by atoms with Gasteiger partial charge in [-0.2, -0.15) is 0 Å². The van der Waals surface area contributed by atoms with E-state index in [9.17, 15) is 9.13 Å². The van der Waals surface area contributed by atoms with Crippen molar-refractivity contribution in [1.29, 1.82) is 0 Å². The number of rotatable bonds is 3. The lowest BCUT2D eigenvalue weighted by Gasteiger charge is -2.11. The molecule has 0 heterocycles. The van der Waals surface area contributed by atoms with Gasteiger partial charge in [-0.1, -0.05) is 6.92 Å². The van der Waals surface area contributed by atoms with Gasteiger partial charge in [0.15, 0.2) is 0 Å². The molecule has 0 aromatic rings. The van der Waals surface area contributed by atoms with Gasteiger partial charge in [0, 0.05) is 0 Å². The molecule has 0 bridgehead atoms. The van der Waals surface area contributed by atoms with Crippen LogP contribution < -0.4 is 0 Å². The molecular weight excluding hydrogens is 178 g/mol. The summed E-state index contributed by atoms with van der Waals surface area (Å²) in [6.07, 6.45) is 0.0264. The molecule has 7 heteroatoms. The third kappa shape index (κ3) is 2.95. The molecule has 0 aliphatic rings. The van der Waals surface area contributed by atoms with Crippen molar-refractivity contribution in [3.63, 3.8) is 0 Å². The van der Waals surface area contributed by atoms with Crippen LogP contribution in [0.3, 0.4) is 0 Å². The highest BCUT2D eigenvalue weighted by molar-refractivity contribution is 7.65. The molecule has 0 amide bonds. The maximum atomic E-state index is 10.4. The monoisotopic (exact) mass is 188 g/mol. The van der Waals surface area contributed by atoms with E-state index in [1.54, 1.807) is 0 Å². The minimum Gasteiger partial charge on any atom is -0.346 e. The summed E-state index contributed by atoms with van der Waals surface area (Å²) in [5.74, 6) is 0. The molecule has 0 spiro atoms. The summed E-state index contributed by atoms with van der Waals surface area (Å²) < 4.78 is 20.6. The molecule has 0 rings (SSSR count). The van der Waals surface area contributed by atoms with E-state index in [0.29, 0.717) is 0 Å². The Hall–Kier alpha value is 0.340. The van der Waals surface area contributed by atoms with Gasteiger partial charge in [0.25, 0.3) is 0 Å². The Morgan fingerprint density at radius 2 is 2.00 bits per heavy atom. The minimum absolute atomic E-state index is 0.0264. The van der Waals surface area contributed by atoms with Gasteiger partial charge in [0.2, 0.25) is 8.03 Å². The van der Waals surface area contributed by atoms with Gasteiger partial charge in [-0.05, 0) is 6.42 Å². The summed E-state index contributed by atoms with van der Waals surface area (Å²) in [7, 11) is -7.44. The van der Waals surface area contributed by atoms with Crippen molar-refractivity contribution in [2.24, 2.45) is 0 Å². The zero-order chi connectivity index (χ0) is 8.36. The maximum Gasteiger partial charge on any atom is 0.337 e. The fourth-order valence-corrected chi connectivity index (χ4v) is 2.53. The molecule has 0 saturated carbocycles. The molecule has 0 aliphatic heterocycles. The lowest BCUT2D eigenvalue weighted by molar-refractivity contribution is 0.364. The van der Waals surface area contributed by atoms with Gasteiger partial charge >= 0.3 is 7.60 Å². The van der Waals surface area contributed by atoms with E-state index in [4.69, 9.17) is 14.7 Å². The predicted molar refractivity (Wildman–Crippen MR) is 37.3 cm³/mol. The molecular formula is C3H10O5P2. The van der Waals surface area contributed by atoms with Crippen LogP contribution in [0.25, 0.3) is 0 Å².